The van der Waals surface area contributed by atoms with Crippen LogP contribution in [-0.2, 0) is 22.4 Å². The van der Waals surface area contributed by atoms with Gasteiger partial charge in [-0.3, -0.25) is 14.4 Å². The number of nitrogens with one attached hydrogen (secondary N) is 4. The Bertz CT molecular complexity index is 1460. The molecule has 2 unspecified atom stereocenters. The maximum absolute atomic E-state index is 14.3. The molecule has 0 radical (unpaired) electrons. The van der Waals surface area contributed by atoms with Crippen molar-refractivity contribution in [1.29, 1.82) is 0 Å². The largest absolute Gasteiger partial charge is 0.393 e. The van der Waals surface area contributed by atoms with Crippen LogP contribution in [0.15, 0.2) is 58.9 Å². The van der Waals surface area contributed by atoms with E-state index in [1.54, 1.807) is 30.4 Å². The van der Waals surface area contributed by atoms with E-state index in [4.69, 9.17) is 0 Å². The quantitative estimate of drug-likeness (QED) is 0.254. The number of aromatic nitrogens is 2. The van der Waals surface area contributed by atoms with Crippen LogP contribution in [0, 0.1) is 5.82 Å². The lowest BCUT2D eigenvalue weighted by Gasteiger charge is -2.15. The molecule has 0 saturated carbocycles. The topological polar surface area (TPSA) is 147 Å². The van der Waals surface area contributed by atoms with Crippen molar-refractivity contribution >= 4 is 22.7 Å². The number of amides is 2. The number of rotatable bonds is 9. The molecule has 3 aromatic rings. The lowest BCUT2D eigenvalue weighted by molar-refractivity contribution is -0.122. The van der Waals surface area contributed by atoms with Gasteiger partial charge in [0.15, 0.2) is 0 Å². The van der Waals surface area contributed by atoms with Crippen LogP contribution in [-0.4, -0.2) is 57.8 Å². The fourth-order valence-corrected chi connectivity index (χ4v) is 4.49. The normalized spacial score (nSPS) is 15.5. The highest BCUT2D eigenvalue weighted by Gasteiger charge is 2.17. The zero-order chi connectivity index (χ0) is 27.2. The summed E-state index contributed by atoms with van der Waals surface area (Å²) >= 11 is 0. The Hall–Kier alpha value is -4.02. The van der Waals surface area contributed by atoms with Crippen LogP contribution in [0.3, 0.4) is 0 Å². The molecule has 1 aliphatic rings. The monoisotopic (exact) mass is 522 g/mol. The van der Waals surface area contributed by atoms with Crippen molar-refractivity contribution in [1.82, 2.24) is 20.6 Å². The van der Waals surface area contributed by atoms with Crippen molar-refractivity contribution in [2.24, 2.45) is 0 Å². The zero-order valence-electron chi connectivity index (χ0n) is 21.0. The third-order valence-electron chi connectivity index (χ3n) is 6.55. The highest BCUT2D eigenvalue weighted by Crippen LogP contribution is 2.25. The molecule has 4 rings (SSSR count). The van der Waals surface area contributed by atoms with Gasteiger partial charge in [-0.2, -0.15) is 0 Å². The number of fused-ring (bicyclic) bond motifs is 2. The van der Waals surface area contributed by atoms with Crippen molar-refractivity contribution in [3.63, 3.8) is 0 Å². The maximum atomic E-state index is 14.3. The van der Waals surface area contributed by atoms with Crippen LogP contribution in [0.25, 0.3) is 22.2 Å². The molecule has 0 aliphatic heterocycles. The second kappa shape index (κ2) is 12.0. The number of aromatic amines is 2. The first-order valence-electron chi connectivity index (χ1n) is 12.5. The van der Waals surface area contributed by atoms with Gasteiger partial charge in [0.25, 0.3) is 11.5 Å². The van der Waals surface area contributed by atoms with Crippen molar-refractivity contribution in [3.8, 4) is 11.3 Å². The molecule has 2 aromatic heterocycles. The van der Waals surface area contributed by atoms with E-state index in [0.717, 1.165) is 11.3 Å². The van der Waals surface area contributed by atoms with Crippen LogP contribution in [0.2, 0.25) is 0 Å². The summed E-state index contributed by atoms with van der Waals surface area (Å²) in [6.45, 7) is 0.205. The van der Waals surface area contributed by atoms with Crippen LogP contribution >= 0.6 is 0 Å². The van der Waals surface area contributed by atoms with Gasteiger partial charge >= 0.3 is 0 Å². The average Bonchev–Trinajstić information content (AvgIpc) is 3.25. The summed E-state index contributed by atoms with van der Waals surface area (Å²) in [6, 6.07) is 7.95. The SMILES string of the molecule is CNC(=O)CC(O)CC(O)CCNC(=O)C1=CCc2[nH]c(-c3cc4c(F)cccc4[nH]c3=O)cc2C/C=C\1. The summed E-state index contributed by atoms with van der Waals surface area (Å²) in [5, 5.41) is 25.5. The summed E-state index contributed by atoms with van der Waals surface area (Å²) < 4.78 is 14.3. The van der Waals surface area contributed by atoms with Crippen molar-refractivity contribution in [2.75, 3.05) is 13.6 Å². The molecular weight excluding hydrogens is 491 g/mol. The second-order valence-electron chi connectivity index (χ2n) is 9.34. The van der Waals surface area contributed by atoms with E-state index in [1.807, 2.05) is 12.1 Å². The van der Waals surface area contributed by atoms with Crippen molar-refractivity contribution in [3.05, 3.63) is 81.6 Å². The fraction of sp³-hybridized carbons (Fsp3) is 0.321. The number of hydrogen-bond acceptors (Lipinski definition) is 5. The molecule has 2 amide bonds. The van der Waals surface area contributed by atoms with Gasteiger partial charge in [-0.1, -0.05) is 24.3 Å². The number of halogens is 1. The number of carbonyl (C=O) groups is 2. The molecule has 9 nitrogen and oxygen atoms in total. The van der Waals surface area contributed by atoms with Gasteiger partial charge in [0, 0.05) is 36.7 Å². The first-order chi connectivity index (χ1) is 18.2. The second-order valence-corrected chi connectivity index (χ2v) is 9.34. The molecule has 2 atom stereocenters. The standard InChI is InChI=1S/C28H31FN4O5/c1-30-26(36)14-19(35)13-18(34)10-11-31-27(37)16-4-2-5-17-12-25(32-23(17)9-8-16)21-15-20-22(29)6-3-7-24(20)33-28(21)38/h2-4,6-8,12,15,18-19,32,34-35H,5,9-11,13-14H2,1H3,(H,30,36)(H,31,37)(H,33,38)/b4-2-,16-8?. The lowest BCUT2D eigenvalue weighted by atomic mass is 10.0. The van der Waals surface area contributed by atoms with Gasteiger partial charge in [-0.25, -0.2) is 4.39 Å². The molecule has 200 valence electrons. The number of H-pyrrole nitrogens is 2. The van der Waals surface area contributed by atoms with Crippen LogP contribution in [0.4, 0.5) is 4.39 Å². The molecule has 0 fully saturated rings. The summed E-state index contributed by atoms with van der Waals surface area (Å²) in [7, 11) is 1.48. The molecule has 0 bridgehead atoms. The third kappa shape index (κ3) is 6.45. The van der Waals surface area contributed by atoms with E-state index < -0.39 is 18.0 Å². The zero-order valence-corrected chi connectivity index (χ0v) is 21.0. The van der Waals surface area contributed by atoms with E-state index >= 15 is 0 Å². The smallest absolute Gasteiger partial charge is 0.257 e. The molecule has 1 aromatic carbocycles. The van der Waals surface area contributed by atoms with Crippen molar-refractivity contribution < 1.29 is 24.2 Å². The third-order valence-corrected chi connectivity index (χ3v) is 6.55. The van der Waals surface area contributed by atoms with Gasteiger partial charge in [0.1, 0.15) is 5.82 Å². The number of aliphatic hydroxyl groups is 2. The van der Waals surface area contributed by atoms with Gasteiger partial charge in [0.05, 0.1) is 35.4 Å². The minimum atomic E-state index is -0.957. The Morgan fingerprint density at radius 1 is 1.13 bits per heavy atom. The number of aliphatic hydroxyl groups excluding tert-OH is 2. The summed E-state index contributed by atoms with van der Waals surface area (Å²) in [6.07, 6.45) is 4.69. The molecule has 0 saturated heterocycles. The van der Waals surface area contributed by atoms with E-state index in [2.05, 4.69) is 20.6 Å². The maximum Gasteiger partial charge on any atom is 0.257 e. The molecule has 38 heavy (non-hydrogen) atoms. The molecule has 6 N–H and O–H groups in total. The van der Waals surface area contributed by atoms with E-state index in [9.17, 15) is 29.0 Å². The first-order valence-corrected chi connectivity index (χ1v) is 12.5. The highest BCUT2D eigenvalue weighted by molar-refractivity contribution is 5.96. The summed E-state index contributed by atoms with van der Waals surface area (Å²) in [4.78, 5) is 42.7. The molecule has 10 heteroatoms. The molecular formula is C28H31FN4O5. The highest BCUT2D eigenvalue weighted by atomic mass is 19.1. The Labute approximate surface area is 218 Å². The number of allylic oxidation sites excluding steroid dienone is 2. The minimum absolute atomic E-state index is 0.0382. The Balaban J connectivity index is 1.39. The molecule has 2 heterocycles. The Morgan fingerprint density at radius 3 is 2.74 bits per heavy atom. The lowest BCUT2D eigenvalue weighted by Crippen LogP contribution is -2.30. The van der Waals surface area contributed by atoms with Crippen molar-refractivity contribution in [2.45, 2.75) is 44.3 Å². The Kier molecular flexibility index (Phi) is 8.55. The number of pyridine rings is 1. The van der Waals surface area contributed by atoms with Gasteiger partial charge in [-0.05, 0) is 49.1 Å². The minimum Gasteiger partial charge on any atom is -0.393 e. The van der Waals surface area contributed by atoms with Crippen LogP contribution in [0.1, 0.15) is 30.5 Å². The van der Waals surface area contributed by atoms with E-state index in [0.29, 0.717) is 40.6 Å². The van der Waals surface area contributed by atoms with Crippen LogP contribution < -0.4 is 16.2 Å². The predicted octanol–water partition coefficient (Wildman–Crippen LogP) is 2.00. The fourth-order valence-electron chi connectivity index (χ4n) is 4.49. The van der Waals surface area contributed by atoms with Gasteiger partial charge < -0.3 is 30.8 Å². The number of carbonyl (C=O) groups excluding carboxylic acids is 2. The van der Waals surface area contributed by atoms with Gasteiger partial charge in [0.2, 0.25) is 5.91 Å². The summed E-state index contributed by atoms with van der Waals surface area (Å²) in [5.74, 6) is -1.02. The number of benzene rings is 1. The molecule has 0 spiro atoms. The van der Waals surface area contributed by atoms with E-state index in [-0.39, 0.29) is 43.2 Å². The molecule has 1 aliphatic carbocycles. The number of hydrogen-bond donors (Lipinski definition) is 6. The van der Waals surface area contributed by atoms with Gasteiger partial charge in [-0.15, -0.1) is 0 Å². The predicted molar refractivity (Wildman–Crippen MR) is 142 cm³/mol. The Morgan fingerprint density at radius 2 is 1.95 bits per heavy atom. The first kappa shape index (κ1) is 27.0. The van der Waals surface area contributed by atoms with Crippen LogP contribution in [0.5, 0.6) is 0 Å². The summed E-state index contributed by atoms with van der Waals surface area (Å²) in [5.41, 5.74) is 3.29. The van der Waals surface area contributed by atoms with E-state index in [1.165, 1.54) is 13.1 Å². The average molecular weight is 523 g/mol.